The van der Waals surface area contributed by atoms with Crippen molar-refractivity contribution in [1.82, 2.24) is 15.5 Å². The third-order valence-corrected chi connectivity index (χ3v) is 8.25. The van der Waals surface area contributed by atoms with Gasteiger partial charge in [-0.05, 0) is 63.2 Å². The average Bonchev–Trinajstić information content (AvgIpc) is 3.17. The predicted molar refractivity (Wildman–Crippen MR) is 135 cm³/mol. The van der Waals surface area contributed by atoms with Gasteiger partial charge >= 0.3 is 12.1 Å². The fourth-order valence-corrected chi connectivity index (χ4v) is 6.13. The number of carbonyl (C=O) groups excluding carboxylic acids is 5. The van der Waals surface area contributed by atoms with Crippen molar-refractivity contribution in [2.45, 2.75) is 104 Å². The van der Waals surface area contributed by atoms with E-state index < -0.39 is 47.5 Å². The minimum atomic E-state index is -1.04. The Kier molecular flexibility index (Phi) is 8.59. The monoisotopic (exact) mass is 521 g/mol. The molecule has 1 saturated heterocycles. The van der Waals surface area contributed by atoms with Crippen molar-refractivity contribution in [2.75, 3.05) is 13.7 Å². The van der Waals surface area contributed by atoms with Crippen LogP contribution in [0.2, 0.25) is 0 Å². The Hall–Kier alpha value is -2.65. The summed E-state index contributed by atoms with van der Waals surface area (Å²) in [5, 5.41) is 5.52. The molecule has 2 saturated carbocycles. The highest BCUT2D eigenvalue weighted by molar-refractivity contribution is 6.36. The fourth-order valence-electron chi connectivity index (χ4n) is 6.13. The van der Waals surface area contributed by atoms with E-state index in [2.05, 4.69) is 29.2 Å². The van der Waals surface area contributed by atoms with E-state index in [0.29, 0.717) is 6.54 Å². The number of hydrogen-bond donors (Lipinski definition) is 2. The summed E-state index contributed by atoms with van der Waals surface area (Å²) < 4.78 is 9.99. The largest absolute Gasteiger partial charge is 0.463 e. The number of fused-ring (bicyclic) bond motifs is 1. The van der Waals surface area contributed by atoms with Crippen LogP contribution in [0.4, 0.5) is 4.79 Å². The van der Waals surface area contributed by atoms with Crippen LogP contribution >= 0.6 is 0 Å². The first-order chi connectivity index (χ1) is 17.2. The summed E-state index contributed by atoms with van der Waals surface area (Å²) in [7, 11) is 1.12. The van der Waals surface area contributed by atoms with E-state index in [-0.39, 0.29) is 35.5 Å². The van der Waals surface area contributed by atoms with Gasteiger partial charge in [-0.25, -0.2) is 9.59 Å². The zero-order valence-corrected chi connectivity index (χ0v) is 23.2. The predicted octanol–water partition coefficient (Wildman–Crippen LogP) is 2.58. The number of Topliss-reactive ketones (excluding diaryl/α,β-unsaturated/α-hetero) is 1. The van der Waals surface area contributed by atoms with Crippen LogP contribution < -0.4 is 10.6 Å². The van der Waals surface area contributed by atoms with Gasteiger partial charge in [0.05, 0.1) is 13.2 Å². The van der Waals surface area contributed by atoms with Gasteiger partial charge in [0.1, 0.15) is 17.7 Å². The Bertz CT molecular complexity index is 919. The van der Waals surface area contributed by atoms with E-state index in [9.17, 15) is 24.0 Å². The van der Waals surface area contributed by atoms with E-state index in [1.54, 1.807) is 32.6 Å². The molecule has 2 N–H and O–H groups in total. The number of piperidine rings is 1. The Labute approximate surface area is 219 Å². The number of nitrogens with zero attached hydrogens (tertiary/aromatic N) is 1. The fraction of sp³-hybridized carbons (Fsp3) is 0.815. The van der Waals surface area contributed by atoms with Gasteiger partial charge in [0.2, 0.25) is 11.8 Å². The Morgan fingerprint density at radius 2 is 1.65 bits per heavy atom. The van der Waals surface area contributed by atoms with E-state index >= 15 is 0 Å². The van der Waals surface area contributed by atoms with Gasteiger partial charge in [-0.3, -0.25) is 14.4 Å². The van der Waals surface area contributed by atoms with Crippen LogP contribution in [-0.2, 0) is 28.7 Å². The number of ketones is 1. The second-order valence-corrected chi connectivity index (χ2v) is 12.2. The maximum atomic E-state index is 14.0. The van der Waals surface area contributed by atoms with Crippen molar-refractivity contribution in [2.24, 2.45) is 23.2 Å². The van der Waals surface area contributed by atoms with Crippen molar-refractivity contribution in [3.05, 3.63) is 0 Å². The summed E-state index contributed by atoms with van der Waals surface area (Å²) in [6.45, 7) is 11.5. The topological polar surface area (TPSA) is 131 Å². The molecule has 10 heteroatoms. The Balaban J connectivity index is 1.84. The molecule has 0 aromatic carbocycles. The zero-order valence-electron chi connectivity index (χ0n) is 23.2. The average molecular weight is 522 g/mol. The highest BCUT2D eigenvalue weighted by atomic mass is 16.6. The van der Waals surface area contributed by atoms with Gasteiger partial charge in [-0.15, -0.1) is 0 Å². The molecular formula is C27H43N3O7. The molecule has 0 aromatic rings. The maximum Gasteiger partial charge on any atom is 0.408 e. The lowest BCUT2D eigenvalue weighted by Crippen LogP contribution is -2.59. The van der Waals surface area contributed by atoms with Crippen LogP contribution in [0.5, 0.6) is 0 Å². The van der Waals surface area contributed by atoms with Crippen LogP contribution in [-0.4, -0.2) is 71.9 Å². The molecule has 3 fully saturated rings. The second kappa shape index (κ2) is 11.0. The number of rotatable bonds is 8. The molecule has 37 heavy (non-hydrogen) atoms. The first-order valence-electron chi connectivity index (χ1n) is 13.5. The summed E-state index contributed by atoms with van der Waals surface area (Å²) in [6, 6.07) is -2.63. The van der Waals surface area contributed by atoms with Gasteiger partial charge in [-0.1, -0.05) is 40.0 Å². The zero-order chi connectivity index (χ0) is 27.7. The lowest BCUT2D eigenvalue weighted by Gasteiger charge is -2.37. The van der Waals surface area contributed by atoms with E-state index in [0.717, 1.165) is 39.2 Å². The van der Waals surface area contributed by atoms with E-state index in [1.165, 1.54) is 0 Å². The minimum absolute atomic E-state index is 0.0493. The Morgan fingerprint density at radius 1 is 1.03 bits per heavy atom. The van der Waals surface area contributed by atoms with Gasteiger partial charge in [0.25, 0.3) is 5.78 Å². The van der Waals surface area contributed by atoms with Crippen LogP contribution in [0.1, 0.15) is 80.1 Å². The highest BCUT2D eigenvalue weighted by Crippen LogP contribution is 2.65. The normalized spacial score (nSPS) is 26.4. The van der Waals surface area contributed by atoms with Crippen molar-refractivity contribution in [3.8, 4) is 0 Å². The van der Waals surface area contributed by atoms with Crippen molar-refractivity contribution in [1.29, 1.82) is 0 Å². The first kappa shape index (κ1) is 28.9. The molecule has 0 spiro atoms. The molecule has 10 nitrogen and oxygen atoms in total. The van der Waals surface area contributed by atoms with Gasteiger partial charge in [0, 0.05) is 6.54 Å². The van der Waals surface area contributed by atoms with Gasteiger partial charge < -0.3 is 25.0 Å². The molecule has 1 heterocycles. The molecule has 1 aliphatic heterocycles. The third kappa shape index (κ3) is 6.26. The lowest BCUT2D eigenvalue weighted by molar-refractivity contribution is -0.153. The summed E-state index contributed by atoms with van der Waals surface area (Å²) in [5.41, 5.74) is -0.848. The smallest absolute Gasteiger partial charge is 0.408 e. The molecular weight excluding hydrogens is 478 g/mol. The molecule has 0 radical (unpaired) electrons. The number of alkyl carbamates (subject to hydrolysis) is 1. The van der Waals surface area contributed by atoms with Crippen LogP contribution in [0.3, 0.4) is 0 Å². The molecule has 208 valence electrons. The summed E-state index contributed by atoms with van der Waals surface area (Å²) in [5.74, 6) is -2.59. The minimum Gasteiger partial charge on any atom is -0.463 e. The van der Waals surface area contributed by atoms with Crippen LogP contribution in [0.25, 0.3) is 0 Å². The molecule has 5 unspecified atom stereocenters. The number of ether oxygens (including phenoxy) is 2. The lowest BCUT2D eigenvalue weighted by atomic mass is 9.83. The SMILES string of the molecule is CCC(NC(=O)C1C2C(CN1C(=O)C(NC(=O)OC(C)(C)C)C1CCCCC1)C2(C)C)C(=O)C(=O)OC. The maximum absolute atomic E-state index is 14.0. The van der Waals surface area contributed by atoms with Crippen molar-refractivity contribution in [3.63, 3.8) is 0 Å². The number of hydrogen-bond acceptors (Lipinski definition) is 7. The Morgan fingerprint density at radius 3 is 2.19 bits per heavy atom. The van der Waals surface area contributed by atoms with Crippen LogP contribution in [0, 0.1) is 23.2 Å². The summed E-state index contributed by atoms with van der Waals surface area (Å²) in [6.07, 6.45) is 4.20. The standard InChI is InChI=1S/C27H43N3O7/c1-8-17(21(31)24(34)36-7)28-22(32)20-18-16(27(18,5)6)14-30(20)23(33)19(15-12-10-9-11-13-15)29-25(35)37-26(2,3)4/h15-20H,8-14H2,1-7H3,(H,28,32)(H,29,35). The van der Waals surface area contributed by atoms with E-state index in [4.69, 9.17) is 4.74 Å². The van der Waals surface area contributed by atoms with Crippen molar-refractivity contribution >= 4 is 29.7 Å². The first-order valence-corrected chi connectivity index (χ1v) is 13.5. The molecule has 2 aliphatic carbocycles. The number of carbonyl (C=O) groups is 5. The van der Waals surface area contributed by atoms with Gasteiger partial charge in [0.15, 0.2) is 0 Å². The number of amides is 3. The number of methoxy groups -OCH3 is 1. The molecule has 3 rings (SSSR count). The number of likely N-dealkylation sites (tertiary alicyclic amines) is 1. The highest BCUT2D eigenvalue weighted by Gasteiger charge is 2.69. The quantitative estimate of drug-likeness (QED) is 0.371. The second-order valence-electron chi connectivity index (χ2n) is 12.2. The summed E-state index contributed by atoms with van der Waals surface area (Å²) in [4.78, 5) is 66.1. The molecule has 0 bridgehead atoms. The van der Waals surface area contributed by atoms with Crippen molar-refractivity contribution < 1.29 is 33.4 Å². The molecule has 5 atom stereocenters. The molecule has 3 aliphatic rings. The number of nitrogens with one attached hydrogen (secondary N) is 2. The van der Waals surface area contributed by atoms with E-state index in [1.807, 2.05) is 0 Å². The summed E-state index contributed by atoms with van der Waals surface area (Å²) >= 11 is 0. The third-order valence-electron chi connectivity index (χ3n) is 8.25. The number of esters is 1. The van der Waals surface area contributed by atoms with Gasteiger partial charge in [-0.2, -0.15) is 0 Å². The van der Waals surface area contributed by atoms with Crippen LogP contribution in [0.15, 0.2) is 0 Å². The molecule has 3 amide bonds. The molecule has 0 aromatic heterocycles.